The molecule has 1 aliphatic rings. The Morgan fingerprint density at radius 3 is 2.68 bits per heavy atom. The maximum absolute atomic E-state index is 6.20. The van der Waals surface area contributed by atoms with Gasteiger partial charge < -0.3 is 20.7 Å². The maximum Gasteiger partial charge on any atom is 0.157 e. The van der Waals surface area contributed by atoms with Crippen LogP contribution in [-0.2, 0) is 4.74 Å². The number of nitrogen functional groups attached to an aromatic ring is 1. The standard InChI is InChI=1S/C15H28N6O/c1-3-21(4-2)15-13(16)14(18-12-19-15)17-6-5-7-20-8-10-22-11-9-20/h12H,3-11,16H2,1-2H3,(H,17,18,19). The summed E-state index contributed by atoms with van der Waals surface area (Å²) in [4.78, 5) is 13.1. The van der Waals surface area contributed by atoms with Crippen molar-refractivity contribution in [2.24, 2.45) is 0 Å². The van der Waals surface area contributed by atoms with Crippen LogP contribution in [0.4, 0.5) is 17.3 Å². The number of ether oxygens (including phenoxy) is 1. The summed E-state index contributed by atoms with van der Waals surface area (Å²) in [7, 11) is 0. The summed E-state index contributed by atoms with van der Waals surface area (Å²) in [5.74, 6) is 1.55. The van der Waals surface area contributed by atoms with Crippen LogP contribution in [0.1, 0.15) is 20.3 Å². The lowest BCUT2D eigenvalue weighted by molar-refractivity contribution is 0.0378. The molecular formula is C15H28N6O. The maximum atomic E-state index is 6.20. The van der Waals surface area contributed by atoms with Gasteiger partial charge in [-0.2, -0.15) is 0 Å². The van der Waals surface area contributed by atoms with Crippen LogP contribution in [0.25, 0.3) is 0 Å². The highest BCUT2D eigenvalue weighted by Crippen LogP contribution is 2.25. The number of rotatable bonds is 8. The fourth-order valence-corrected chi connectivity index (χ4v) is 2.64. The normalized spacial score (nSPS) is 15.7. The number of nitrogens with two attached hydrogens (primary N) is 1. The van der Waals surface area contributed by atoms with Crippen molar-refractivity contribution in [3.05, 3.63) is 6.33 Å². The molecule has 0 radical (unpaired) electrons. The molecule has 1 aromatic rings. The monoisotopic (exact) mass is 308 g/mol. The third-order valence-corrected chi connectivity index (χ3v) is 3.97. The number of nitrogens with zero attached hydrogens (tertiary/aromatic N) is 4. The van der Waals surface area contributed by atoms with Gasteiger partial charge in [-0.15, -0.1) is 0 Å². The van der Waals surface area contributed by atoms with E-state index in [2.05, 4.69) is 38.9 Å². The highest BCUT2D eigenvalue weighted by molar-refractivity contribution is 5.74. The van der Waals surface area contributed by atoms with Gasteiger partial charge in [0.15, 0.2) is 11.6 Å². The van der Waals surface area contributed by atoms with Crippen LogP contribution < -0.4 is 16.0 Å². The van der Waals surface area contributed by atoms with E-state index >= 15 is 0 Å². The van der Waals surface area contributed by atoms with Crippen molar-refractivity contribution in [1.82, 2.24) is 14.9 Å². The summed E-state index contributed by atoms with van der Waals surface area (Å²) in [5, 5.41) is 3.34. The Morgan fingerprint density at radius 2 is 2.00 bits per heavy atom. The number of morpholine rings is 1. The second-order valence-electron chi connectivity index (χ2n) is 5.37. The van der Waals surface area contributed by atoms with E-state index in [1.165, 1.54) is 0 Å². The minimum atomic E-state index is 0.637. The van der Waals surface area contributed by atoms with Crippen LogP contribution in [-0.4, -0.2) is 67.4 Å². The molecule has 0 bridgehead atoms. The molecular weight excluding hydrogens is 280 g/mol. The Labute approximate surface area is 132 Å². The average molecular weight is 308 g/mol. The molecule has 7 heteroatoms. The first-order valence-electron chi connectivity index (χ1n) is 8.15. The van der Waals surface area contributed by atoms with Gasteiger partial charge in [-0.3, -0.25) is 4.90 Å². The SMILES string of the molecule is CCN(CC)c1ncnc(NCCCN2CCOCC2)c1N. The van der Waals surface area contributed by atoms with E-state index in [1.807, 2.05) is 0 Å². The van der Waals surface area contributed by atoms with Gasteiger partial charge in [0.25, 0.3) is 0 Å². The van der Waals surface area contributed by atoms with Gasteiger partial charge in [0.1, 0.15) is 12.0 Å². The van der Waals surface area contributed by atoms with E-state index in [1.54, 1.807) is 6.33 Å². The predicted octanol–water partition coefficient (Wildman–Crippen LogP) is 1.04. The Hall–Kier alpha value is -1.60. The predicted molar refractivity (Wildman–Crippen MR) is 90.4 cm³/mol. The van der Waals surface area contributed by atoms with Gasteiger partial charge in [0.05, 0.1) is 13.2 Å². The van der Waals surface area contributed by atoms with Crippen LogP contribution in [0.15, 0.2) is 6.33 Å². The first-order chi connectivity index (χ1) is 10.8. The second kappa shape index (κ2) is 8.75. The third-order valence-electron chi connectivity index (χ3n) is 3.97. The lowest BCUT2D eigenvalue weighted by Gasteiger charge is -2.26. The van der Waals surface area contributed by atoms with E-state index in [9.17, 15) is 0 Å². The van der Waals surface area contributed by atoms with E-state index in [4.69, 9.17) is 10.5 Å². The first-order valence-corrected chi connectivity index (χ1v) is 8.15. The lowest BCUT2D eigenvalue weighted by Crippen LogP contribution is -2.37. The smallest absolute Gasteiger partial charge is 0.157 e. The molecule has 0 amide bonds. The van der Waals surface area contributed by atoms with E-state index in [0.29, 0.717) is 5.69 Å². The number of aromatic nitrogens is 2. The van der Waals surface area contributed by atoms with Gasteiger partial charge in [-0.05, 0) is 26.8 Å². The van der Waals surface area contributed by atoms with E-state index < -0.39 is 0 Å². The molecule has 124 valence electrons. The molecule has 22 heavy (non-hydrogen) atoms. The molecule has 0 aromatic carbocycles. The van der Waals surface area contributed by atoms with Crippen LogP contribution >= 0.6 is 0 Å². The Balaban J connectivity index is 1.83. The van der Waals surface area contributed by atoms with Gasteiger partial charge in [0, 0.05) is 32.7 Å². The second-order valence-corrected chi connectivity index (χ2v) is 5.37. The van der Waals surface area contributed by atoms with Crippen molar-refractivity contribution in [3.8, 4) is 0 Å². The summed E-state index contributed by atoms with van der Waals surface area (Å²) in [5.41, 5.74) is 6.84. The number of hydrogen-bond donors (Lipinski definition) is 2. The Bertz CT molecular complexity index is 446. The lowest BCUT2D eigenvalue weighted by atomic mass is 10.3. The minimum absolute atomic E-state index is 0.637. The summed E-state index contributed by atoms with van der Waals surface area (Å²) in [6.07, 6.45) is 2.64. The van der Waals surface area contributed by atoms with Gasteiger partial charge >= 0.3 is 0 Å². The molecule has 0 unspecified atom stereocenters. The molecule has 1 aromatic heterocycles. The molecule has 2 rings (SSSR count). The van der Waals surface area contributed by atoms with Crippen LogP contribution in [0, 0.1) is 0 Å². The van der Waals surface area contributed by atoms with Crippen molar-refractivity contribution in [3.63, 3.8) is 0 Å². The van der Waals surface area contributed by atoms with Crippen molar-refractivity contribution in [2.45, 2.75) is 20.3 Å². The summed E-state index contributed by atoms with van der Waals surface area (Å²) in [6.45, 7) is 11.6. The quantitative estimate of drug-likeness (QED) is 0.695. The van der Waals surface area contributed by atoms with Gasteiger partial charge in [-0.1, -0.05) is 0 Å². The molecule has 0 aliphatic carbocycles. The number of hydrogen-bond acceptors (Lipinski definition) is 7. The summed E-state index contributed by atoms with van der Waals surface area (Å²) in [6, 6.07) is 0. The first kappa shape index (κ1) is 16.8. The Kier molecular flexibility index (Phi) is 6.67. The zero-order valence-corrected chi connectivity index (χ0v) is 13.7. The van der Waals surface area contributed by atoms with Crippen molar-refractivity contribution in [1.29, 1.82) is 0 Å². The largest absolute Gasteiger partial charge is 0.393 e. The Morgan fingerprint density at radius 1 is 1.27 bits per heavy atom. The van der Waals surface area contributed by atoms with E-state index in [-0.39, 0.29) is 0 Å². The molecule has 0 atom stereocenters. The average Bonchev–Trinajstić information content (AvgIpc) is 2.56. The molecule has 1 aliphatic heterocycles. The van der Waals surface area contributed by atoms with Crippen molar-refractivity contribution in [2.75, 3.05) is 68.4 Å². The summed E-state index contributed by atoms with van der Waals surface area (Å²) >= 11 is 0. The molecule has 7 nitrogen and oxygen atoms in total. The highest BCUT2D eigenvalue weighted by Gasteiger charge is 2.13. The van der Waals surface area contributed by atoms with Crippen molar-refractivity contribution < 1.29 is 4.74 Å². The molecule has 3 N–H and O–H groups in total. The molecule has 0 saturated carbocycles. The molecule has 0 spiro atoms. The highest BCUT2D eigenvalue weighted by atomic mass is 16.5. The van der Waals surface area contributed by atoms with E-state index in [0.717, 1.165) is 70.5 Å². The fourth-order valence-electron chi connectivity index (χ4n) is 2.64. The number of anilines is 3. The zero-order chi connectivity index (χ0) is 15.8. The topological polar surface area (TPSA) is 79.5 Å². The fraction of sp³-hybridized carbons (Fsp3) is 0.733. The number of nitrogens with one attached hydrogen (secondary N) is 1. The minimum Gasteiger partial charge on any atom is -0.393 e. The third kappa shape index (κ3) is 4.45. The zero-order valence-electron chi connectivity index (χ0n) is 13.7. The molecule has 2 heterocycles. The summed E-state index contributed by atoms with van der Waals surface area (Å²) < 4.78 is 5.35. The van der Waals surface area contributed by atoms with Crippen LogP contribution in [0.2, 0.25) is 0 Å². The van der Waals surface area contributed by atoms with Crippen LogP contribution in [0.3, 0.4) is 0 Å². The van der Waals surface area contributed by atoms with Crippen LogP contribution in [0.5, 0.6) is 0 Å². The van der Waals surface area contributed by atoms with Crippen molar-refractivity contribution >= 4 is 17.3 Å². The molecule has 1 saturated heterocycles. The van der Waals surface area contributed by atoms with Gasteiger partial charge in [0.2, 0.25) is 0 Å². The van der Waals surface area contributed by atoms with Gasteiger partial charge in [-0.25, -0.2) is 9.97 Å². The molecule has 1 fully saturated rings.